The van der Waals surface area contributed by atoms with Gasteiger partial charge in [0.2, 0.25) is 6.79 Å². The minimum Gasteiger partial charge on any atom is -0.428 e. The number of Topliss-reactive ketones (excluding diaryl/α,β-unsaturated/α-hetero) is 1. The molecule has 0 aromatic rings. The molecule has 0 unspecified atom stereocenters. The van der Waals surface area contributed by atoms with Crippen LogP contribution in [-0.4, -0.2) is 173 Å². The fraction of sp³-hybridized carbons (Fsp3) is 0.796. The van der Waals surface area contributed by atoms with Crippen LogP contribution in [0, 0.1) is 23.7 Å². The number of alkyl halides is 1. The summed E-state index contributed by atoms with van der Waals surface area (Å²) in [7, 11) is 1.58. The number of hydrogen-bond donors (Lipinski definition) is 3. The highest BCUT2D eigenvalue weighted by atomic mass is 127. The number of ketones is 1. The number of aliphatic hydroxyl groups is 2. The molecule has 10 aliphatic rings. The number of aliphatic hydroxyl groups excluding tert-OH is 2. The Bertz CT molecular complexity index is 2140. The van der Waals surface area contributed by atoms with Crippen molar-refractivity contribution in [1.82, 2.24) is 10.2 Å². The molecule has 74 heavy (non-hydrogen) atoms. The van der Waals surface area contributed by atoms with E-state index in [0.29, 0.717) is 70.8 Å². The summed E-state index contributed by atoms with van der Waals surface area (Å²) in [6.45, 7) is 10.6. The third-order valence-corrected chi connectivity index (χ3v) is 19.2. The normalized spacial score (nSPS) is 43.9. The number of alkyl carbamates (subject to hydrolysis) is 1. The summed E-state index contributed by atoms with van der Waals surface area (Å²) in [5.74, 6) is -2.70. The fourth-order valence-corrected chi connectivity index (χ4v) is 14.9. The van der Waals surface area contributed by atoms with E-state index in [1.54, 1.807) is 7.11 Å². The summed E-state index contributed by atoms with van der Waals surface area (Å²) < 4.78 is 64.0. The Morgan fingerprint density at radius 2 is 1.55 bits per heavy atom. The molecule has 410 valence electrons. The van der Waals surface area contributed by atoms with E-state index >= 15 is 0 Å². The first-order valence-electron chi connectivity index (χ1n) is 27.2. The van der Waals surface area contributed by atoms with Crippen molar-refractivity contribution in [3.8, 4) is 0 Å². The van der Waals surface area contributed by atoms with Crippen LogP contribution in [0.1, 0.15) is 116 Å². The van der Waals surface area contributed by atoms with Crippen LogP contribution in [-0.2, 0) is 66.5 Å². The second-order valence-corrected chi connectivity index (χ2v) is 24.2. The van der Waals surface area contributed by atoms with Crippen LogP contribution in [0.5, 0.6) is 0 Å². The van der Waals surface area contributed by atoms with Crippen LogP contribution in [0.15, 0.2) is 36.5 Å². The van der Waals surface area contributed by atoms with Crippen molar-refractivity contribution in [2.45, 2.75) is 217 Å². The summed E-state index contributed by atoms with van der Waals surface area (Å²) >= 11 is 2.36. The summed E-state index contributed by atoms with van der Waals surface area (Å²) in [5, 5.41) is 25.2. The Labute approximate surface area is 446 Å². The molecular weight excluding hydrogens is 1080 g/mol. The number of imide groups is 1. The molecule has 0 radical (unpaired) electrons. The van der Waals surface area contributed by atoms with E-state index in [2.05, 4.69) is 48.0 Å². The number of halogens is 1. The van der Waals surface area contributed by atoms with Gasteiger partial charge in [-0.3, -0.25) is 24.1 Å². The van der Waals surface area contributed by atoms with Gasteiger partial charge >= 0.3 is 12.1 Å². The van der Waals surface area contributed by atoms with E-state index < -0.39 is 79.2 Å². The van der Waals surface area contributed by atoms with E-state index in [1.807, 2.05) is 0 Å². The van der Waals surface area contributed by atoms with Crippen molar-refractivity contribution in [3.05, 3.63) is 36.5 Å². The van der Waals surface area contributed by atoms with Crippen LogP contribution in [0.2, 0.25) is 0 Å². The number of amides is 3. The van der Waals surface area contributed by atoms with Gasteiger partial charge in [-0.25, -0.2) is 4.79 Å². The van der Waals surface area contributed by atoms with E-state index in [0.717, 1.165) is 36.8 Å². The van der Waals surface area contributed by atoms with Gasteiger partial charge in [-0.1, -0.05) is 42.7 Å². The molecule has 1 spiro atoms. The first-order valence-corrected chi connectivity index (χ1v) is 28.4. The molecule has 19 nitrogen and oxygen atoms in total. The Hall–Kier alpha value is -2.90. The number of carbonyl (C=O) groups is 5. The van der Waals surface area contributed by atoms with Crippen molar-refractivity contribution < 1.29 is 81.6 Å². The third kappa shape index (κ3) is 11.9. The molecule has 9 aliphatic heterocycles. The van der Waals surface area contributed by atoms with Gasteiger partial charge in [-0.15, -0.1) is 0 Å². The van der Waals surface area contributed by atoms with Gasteiger partial charge in [0.25, 0.3) is 11.8 Å². The van der Waals surface area contributed by atoms with Crippen LogP contribution < -0.4 is 5.32 Å². The lowest BCUT2D eigenvalue weighted by Crippen LogP contribution is -2.63. The summed E-state index contributed by atoms with van der Waals surface area (Å²) in [6, 6.07) is 0. The van der Waals surface area contributed by atoms with Crippen molar-refractivity contribution in [1.29, 1.82) is 0 Å². The number of carbonyl (C=O) groups excluding carboxylic acids is 5. The largest absolute Gasteiger partial charge is 0.428 e. The predicted molar refractivity (Wildman–Crippen MR) is 269 cm³/mol. The molecule has 9 fully saturated rings. The first-order chi connectivity index (χ1) is 35.5. The predicted octanol–water partition coefficient (Wildman–Crippen LogP) is 4.83. The molecule has 10 bridgehead atoms. The molecule has 1 aliphatic carbocycles. The van der Waals surface area contributed by atoms with Gasteiger partial charge in [0.1, 0.15) is 30.2 Å². The fourth-order valence-electron chi connectivity index (χ4n) is 13.8. The van der Waals surface area contributed by atoms with E-state index in [9.17, 15) is 34.2 Å². The van der Waals surface area contributed by atoms with E-state index in [4.69, 9.17) is 47.4 Å². The summed E-state index contributed by atoms with van der Waals surface area (Å²) in [4.78, 5) is 65.1. The Morgan fingerprint density at radius 1 is 0.824 bits per heavy atom. The number of nitrogens with one attached hydrogen (secondary N) is 1. The van der Waals surface area contributed by atoms with Crippen molar-refractivity contribution in [2.75, 3.05) is 27.0 Å². The number of ether oxygens (including phenoxy) is 10. The molecule has 3 amide bonds. The Morgan fingerprint density at radius 3 is 2.32 bits per heavy atom. The molecular formula is C54H75IN2O17. The molecule has 10 rings (SSSR count). The molecule has 8 saturated heterocycles. The van der Waals surface area contributed by atoms with E-state index in [-0.39, 0.29) is 108 Å². The summed E-state index contributed by atoms with van der Waals surface area (Å²) in [5.41, 5.74) is 2.02. The number of hydrogen-bond acceptors (Lipinski definition) is 17. The maximum absolute atomic E-state index is 14.4. The highest BCUT2D eigenvalue weighted by Gasteiger charge is 2.63. The maximum Gasteiger partial charge on any atom is 0.410 e. The molecule has 0 aromatic carbocycles. The quantitative estimate of drug-likeness (QED) is 0.0664. The van der Waals surface area contributed by atoms with Crippen molar-refractivity contribution in [2.24, 2.45) is 23.7 Å². The monoisotopic (exact) mass is 1150 g/mol. The molecule has 9 heterocycles. The topological polar surface area (TPSA) is 233 Å². The molecule has 1 saturated carbocycles. The molecule has 0 aromatic heterocycles. The Kier molecular flexibility index (Phi) is 17.1. The zero-order valence-electron chi connectivity index (χ0n) is 42.6. The minimum absolute atomic E-state index is 0.00404. The third-order valence-electron chi connectivity index (χ3n) is 17.8. The number of fused-ring (bicyclic) bond motifs is 9. The summed E-state index contributed by atoms with van der Waals surface area (Å²) in [6.07, 6.45) is 4.08. The average molecular weight is 1150 g/mol. The highest BCUT2D eigenvalue weighted by Crippen LogP contribution is 2.51. The Balaban J connectivity index is 0.772. The van der Waals surface area contributed by atoms with Crippen LogP contribution in [0.25, 0.3) is 0 Å². The van der Waals surface area contributed by atoms with E-state index in [1.165, 1.54) is 17.1 Å². The van der Waals surface area contributed by atoms with Crippen LogP contribution >= 0.6 is 22.6 Å². The molecule has 19 atom stereocenters. The van der Waals surface area contributed by atoms with Gasteiger partial charge in [-0.2, -0.15) is 0 Å². The van der Waals surface area contributed by atoms with Crippen molar-refractivity contribution in [3.63, 3.8) is 0 Å². The highest BCUT2D eigenvalue weighted by molar-refractivity contribution is 14.1. The van der Waals surface area contributed by atoms with Crippen LogP contribution in [0.3, 0.4) is 0 Å². The number of rotatable bonds is 10. The smallest absolute Gasteiger partial charge is 0.410 e. The maximum atomic E-state index is 14.4. The molecule has 20 heteroatoms. The second-order valence-electron chi connectivity index (χ2n) is 22.8. The first kappa shape index (κ1) is 54.5. The van der Waals surface area contributed by atoms with Gasteiger partial charge in [0.15, 0.2) is 5.79 Å². The second kappa shape index (κ2) is 23.2. The number of methoxy groups -OCH3 is 1. The standard InChI is InChI=1S/C54H75IN2O17/c1-27-17-34-9-11-39-28(2)18-36(68-39)15-16-54-23-38(60)48(73-54)50-46(55)51(74-54)49-40(72-50)12-10-35(70-49)19-32(58)20-37-42(22-41(69-34)29(27)3)71-43(47(37)65-4)21-33(59)24-56-53(64)67-26-66-52(63)31-7-5-30(6-8-31)25-57-44(61)13-14-45(57)62/h13-14,27,30-31,33-43,46-51,59-60H,2-3,5-12,15-26H2,1,4H3,(H,56,64)/t27-,30?,31?,33+,34+,35-,36+,37+,38-,39+,40+,41-,42+,43-,46-,47-,48+,49+,50-,51-,54+/m1/s1. The zero-order chi connectivity index (χ0) is 52.0. The SMILES string of the molecule is C=C1C[C@@H]2CC[C@]34C[C@@H](O)[C@H](O3)[C@@H]3O[C@H]5CC[C@H](CC(=O)C[C@@H]6[C@@H](OC)[C@@H](C[C@H](O)CNC(=O)OCOC(=O)C7CCC(CN8C(=O)C=CC8=O)CC7)O[C@H]6C[C@H]6O[C@@H](CC[C@@H]1O2)C[C@@H](C)C6=C)O[C@@H]5[C@H](O4)[C@@H]3I. The minimum atomic E-state index is -1.09. The molecule has 3 N–H and O–H groups in total. The van der Waals surface area contributed by atoms with Crippen LogP contribution in [0.4, 0.5) is 4.79 Å². The number of esters is 1. The lowest BCUT2D eigenvalue weighted by molar-refractivity contribution is -0.274. The lowest BCUT2D eigenvalue weighted by atomic mass is 9.81. The van der Waals surface area contributed by atoms with Gasteiger partial charge in [0, 0.05) is 76.8 Å². The van der Waals surface area contributed by atoms with Gasteiger partial charge in [0.05, 0.1) is 77.0 Å². The lowest BCUT2D eigenvalue weighted by Gasteiger charge is -2.49. The van der Waals surface area contributed by atoms with Gasteiger partial charge < -0.3 is 62.9 Å². The van der Waals surface area contributed by atoms with Gasteiger partial charge in [-0.05, 0) is 93.6 Å². The van der Waals surface area contributed by atoms with Crippen molar-refractivity contribution >= 4 is 52.3 Å². The average Bonchev–Trinajstić information content (AvgIpc) is 4.09. The zero-order valence-corrected chi connectivity index (χ0v) is 44.8. The number of nitrogens with zero attached hydrogens (tertiary/aromatic N) is 1.